The molecule has 0 amide bonds. The number of hydrogen-bond donors (Lipinski definition) is 1. The molecule has 0 aliphatic heterocycles. The van der Waals surface area contributed by atoms with Crippen LogP contribution in [0, 0.1) is 5.82 Å². The van der Waals surface area contributed by atoms with Gasteiger partial charge in [-0.3, -0.25) is 9.88 Å². The second-order valence-corrected chi connectivity index (χ2v) is 5.91. The molecule has 1 aromatic heterocycles. The Hall–Kier alpha value is -2.30. The fourth-order valence-corrected chi connectivity index (χ4v) is 2.95. The lowest BCUT2D eigenvalue weighted by atomic mass is 10.1. The molecule has 0 saturated carbocycles. The largest absolute Gasteiger partial charge is 0.329 e. The number of pyridine rings is 1. The maximum absolute atomic E-state index is 13.9. The van der Waals surface area contributed by atoms with Crippen LogP contribution in [0.4, 0.5) is 4.39 Å². The van der Waals surface area contributed by atoms with E-state index in [1.807, 2.05) is 12.1 Å². The van der Waals surface area contributed by atoms with E-state index in [1.54, 1.807) is 18.3 Å². The lowest BCUT2D eigenvalue weighted by Gasteiger charge is -2.22. The summed E-state index contributed by atoms with van der Waals surface area (Å²) in [5.74, 6) is -0.225. The van der Waals surface area contributed by atoms with Crippen LogP contribution in [0.1, 0.15) is 11.1 Å². The zero-order valence-electron chi connectivity index (χ0n) is 13.7. The van der Waals surface area contributed by atoms with E-state index < -0.39 is 0 Å². The number of rotatable bonds is 7. The molecular weight excluding hydrogens is 301 g/mol. The van der Waals surface area contributed by atoms with Crippen LogP contribution in [-0.4, -0.2) is 29.5 Å². The summed E-state index contributed by atoms with van der Waals surface area (Å²) >= 11 is 0. The monoisotopic (exact) mass is 323 g/mol. The van der Waals surface area contributed by atoms with Crippen LogP contribution in [-0.2, 0) is 13.0 Å². The average Bonchev–Trinajstić information content (AvgIpc) is 2.63. The Labute approximate surface area is 141 Å². The summed E-state index contributed by atoms with van der Waals surface area (Å²) in [6.45, 7) is 3.03. The highest BCUT2D eigenvalue weighted by Gasteiger charge is 2.11. The van der Waals surface area contributed by atoms with E-state index >= 15 is 0 Å². The van der Waals surface area contributed by atoms with Crippen molar-refractivity contribution in [1.82, 2.24) is 9.88 Å². The van der Waals surface area contributed by atoms with Crippen molar-refractivity contribution in [2.45, 2.75) is 13.0 Å². The Morgan fingerprint density at radius 1 is 0.958 bits per heavy atom. The molecular formula is C20H22FN3. The molecule has 0 aliphatic carbocycles. The first kappa shape index (κ1) is 16.6. The number of benzene rings is 2. The van der Waals surface area contributed by atoms with Gasteiger partial charge in [-0.05, 0) is 35.7 Å². The molecule has 24 heavy (non-hydrogen) atoms. The number of nitrogens with zero attached hydrogens (tertiary/aromatic N) is 2. The molecule has 0 saturated heterocycles. The van der Waals surface area contributed by atoms with Gasteiger partial charge in [-0.1, -0.05) is 36.4 Å². The zero-order valence-corrected chi connectivity index (χ0v) is 13.7. The minimum absolute atomic E-state index is 0.225. The van der Waals surface area contributed by atoms with Crippen molar-refractivity contribution in [2.75, 3.05) is 19.6 Å². The highest BCUT2D eigenvalue weighted by molar-refractivity contribution is 5.82. The summed E-state index contributed by atoms with van der Waals surface area (Å²) in [5.41, 5.74) is 8.85. The predicted octanol–water partition coefficient (Wildman–Crippen LogP) is 3.38. The summed E-state index contributed by atoms with van der Waals surface area (Å²) in [6, 6.07) is 17.3. The fraction of sp³-hybridized carbons (Fsp3) is 0.250. The van der Waals surface area contributed by atoms with E-state index in [1.165, 1.54) is 11.6 Å². The average molecular weight is 323 g/mol. The second kappa shape index (κ2) is 7.99. The first-order valence-electron chi connectivity index (χ1n) is 8.26. The lowest BCUT2D eigenvalue weighted by Crippen LogP contribution is -2.31. The van der Waals surface area contributed by atoms with Gasteiger partial charge >= 0.3 is 0 Å². The van der Waals surface area contributed by atoms with E-state index in [0.717, 1.165) is 37.1 Å². The van der Waals surface area contributed by atoms with Gasteiger partial charge in [-0.25, -0.2) is 4.39 Å². The molecule has 1 heterocycles. The maximum Gasteiger partial charge on any atom is 0.132 e. The molecule has 2 N–H and O–H groups in total. The fourth-order valence-electron chi connectivity index (χ4n) is 2.95. The van der Waals surface area contributed by atoms with Crippen LogP contribution in [0.25, 0.3) is 10.9 Å². The van der Waals surface area contributed by atoms with E-state index in [2.05, 4.69) is 34.1 Å². The van der Waals surface area contributed by atoms with Gasteiger partial charge in [0.1, 0.15) is 5.82 Å². The molecule has 0 fully saturated rings. The summed E-state index contributed by atoms with van der Waals surface area (Å²) in [5, 5.41) is 0.575. The zero-order chi connectivity index (χ0) is 16.8. The molecule has 2 aromatic carbocycles. The van der Waals surface area contributed by atoms with Crippen LogP contribution in [0.5, 0.6) is 0 Å². The van der Waals surface area contributed by atoms with Crippen LogP contribution in [0.3, 0.4) is 0 Å². The van der Waals surface area contributed by atoms with Gasteiger partial charge in [0.15, 0.2) is 0 Å². The van der Waals surface area contributed by atoms with Gasteiger partial charge in [0, 0.05) is 37.8 Å². The van der Waals surface area contributed by atoms with E-state index in [9.17, 15) is 4.39 Å². The van der Waals surface area contributed by atoms with Crippen molar-refractivity contribution < 1.29 is 4.39 Å². The normalized spacial score (nSPS) is 11.3. The van der Waals surface area contributed by atoms with Gasteiger partial charge in [0.25, 0.3) is 0 Å². The van der Waals surface area contributed by atoms with Crippen molar-refractivity contribution in [3.8, 4) is 0 Å². The Morgan fingerprint density at radius 3 is 2.58 bits per heavy atom. The molecule has 4 heteroatoms. The van der Waals surface area contributed by atoms with Crippen molar-refractivity contribution in [2.24, 2.45) is 5.73 Å². The molecule has 0 aliphatic rings. The van der Waals surface area contributed by atoms with E-state index in [4.69, 9.17) is 5.73 Å². The van der Waals surface area contributed by atoms with Crippen molar-refractivity contribution in [3.05, 3.63) is 77.7 Å². The van der Waals surface area contributed by atoms with Crippen molar-refractivity contribution in [1.29, 1.82) is 0 Å². The molecule has 0 radical (unpaired) electrons. The smallest absolute Gasteiger partial charge is 0.132 e. The maximum atomic E-state index is 13.9. The van der Waals surface area contributed by atoms with Gasteiger partial charge < -0.3 is 5.73 Å². The Balaban J connectivity index is 1.77. The number of aromatic nitrogens is 1. The van der Waals surface area contributed by atoms with Crippen LogP contribution in [0.15, 0.2) is 60.8 Å². The molecule has 3 nitrogen and oxygen atoms in total. The number of nitrogens with two attached hydrogens (primary N) is 1. The Morgan fingerprint density at radius 2 is 1.79 bits per heavy atom. The summed E-state index contributed by atoms with van der Waals surface area (Å²) in [4.78, 5) is 6.68. The van der Waals surface area contributed by atoms with Crippen molar-refractivity contribution in [3.63, 3.8) is 0 Å². The van der Waals surface area contributed by atoms with Gasteiger partial charge in [-0.15, -0.1) is 0 Å². The molecule has 0 atom stereocenters. The second-order valence-electron chi connectivity index (χ2n) is 5.91. The Bertz CT molecular complexity index is 789. The first-order chi connectivity index (χ1) is 11.8. The highest BCUT2D eigenvalue weighted by atomic mass is 19.1. The Kier molecular flexibility index (Phi) is 5.51. The molecule has 3 aromatic rings. The quantitative estimate of drug-likeness (QED) is 0.725. The van der Waals surface area contributed by atoms with E-state index in [-0.39, 0.29) is 5.82 Å². The van der Waals surface area contributed by atoms with Crippen molar-refractivity contribution >= 4 is 10.9 Å². The first-order valence-corrected chi connectivity index (χ1v) is 8.26. The van der Waals surface area contributed by atoms with Crippen LogP contribution < -0.4 is 5.73 Å². The summed E-state index contributed by atoms with van der Waals surface area (Å²) in [7, 11) is 0. The predicted molar refractivity (Wildman–Crippen MR) is 96.2 cm³/mol. The van der Waals surface area contributed by atoms with Crippen LogP contribution >= 0.6 is 0 Å². The van der Waals surface area contributed by atoms with Gasteiger partial charge in [0.05, 0.1) is 5.52 Å². The third-order valence-corrected chi connectivity index (χ3v) is 4.20. The summed E-state index contributed by atoms with van der Waals surface area (Å²) < 4.78 is 13.9. The topological polar surface area (TPSA) is 42.1 Å². The minimum atomic E-state index is -0.225. The molecule has 124 valence electrons. The molecule has 0 unspecified atom stereocenters. The standard InChI is InChI=1S/C20H22FN3/c21-19-9-8-17(20-18(19)7-4-12-23-20)15-24(14-11-22)13-10-16-5-2-1-3-6-16/h1-9,12H,10-11,13-15,22H2. The van der Waals surface area contributed by atoms with Crippen LogP contribution in [0.2, 0.25) is 0 Å². The SMILES string of the molecule is NCCN(CCc1ccccc1)Cc1ccc(F)c2cccnc12. The van der Waals surface area contributed by atoms with Gasteiger partial charge in [-0.2, -0.15) is 0 Å². The third-order valence-electron chi connectivity index (χ3n) is 4.20. The number of halogens is 1. The number of hydrogen-bond acceptors (Lipinski definition) is 3. The molecule has 0 spiro atoms. The third kappa shape index (κ3) is 3.96. The lowest BCUT2D eigenvalue weighted by molar-refractivity contribution is 0.277. The van der Waals surface area contributed by atoms with E-state index in [0.29, 0.717) is 11.9 Å². The highest BCUT2D eigenvalue weighted by Crippen LogP contribution is 2.21. The number of fused-ring (bicyclic) bond motifs is 1. The van der Waals surface area contributed by atoms with Gasteiger partial charge in [0.2, 0.25) is 0 Å². The summed E-state index contributed by atoms with van der Waals surface area (Å²) in [6.07, 6.45) is 2.68. The molecule has 0 bridgehead atoms. The minimum Gasteiger partial charge on any atom is -0.329 e. The molecule has 3 rings (SSSR count).